The summed E-state index contributed by atoms with van der Waals surface area (Å²) in [4.78, 5) is 30.8. The highest BCUT2D eigenvalue weighted by molar-refractivity contribution is 8.01. The van der Waals surface area contributed by atoms with E-state index in [-0.39, 0.29) is 0 Å². The quantitative estimate of drug-likeness (QED) is 0.360. The predicted molar refractivity (Wildman–Crippen MR) is 118 cm³/mol. The Morgan fingerprint density at radius 2 is 1.17 bits per heavy atom. The van der Waals surface area contributed by atoms with E-state index in [2.05, 4.69) is 9.97 Å². The van der Waals surface area contributed by atoms with Crippen LogP contribution in [0.2, 0.25) is 0 Å². The summed E-state index contributed by atoms with van der Waals surface area (Å²) in [6.45, 7) is 0. The van der Waals surface area contributed by atoms with Gasteiger partial charge in [0.05, 0.1) is 10.5 Å². The van der Waals surface area contributed by atoms with Crippen LogP contribution in [-0.4, -0.2) is 32.3 Å². The zero-order valence-corrected chi connectivity index (χ0v) is 16.5. The van der Waals surface area contributed by atoms with Crippen molar-refractivity contribution in [3.05, 3.63) is 72.1 Å². The SMILES string of the molecule is NC(=O)C(Cc1c[nH]c2ccccc12)SC(Cc1c[nH]c2ccccc12)C(N)=O. The lowest BCUT2D eigenvalue weighted by molar-refractivity contribution is -0.117. The number of nitrogens with two attached hydrogens (primary N) is 2. The molecule has 0 bridgehead atoms. The van der Waals surface area contributed by atoms with E-state index in [0.29, 0.717) is 12.8 Å². The van der Waals surface area contributed by atoms with Crippen LogP contribution in [0.25, 0.3) is 21.8 Å². The molecular weight excluding hydrogens is 384 g/mol. The van der Waals surface area contributed by atoms with Crippen LogP contribution in [0.3, 0.4) is 0 Å². The van der Waals surface area contributed by atoms with Crippen LogP contribution >= 0.6 is 11.8 Å². The van der Waals surface area contributed by atoms with Gasteiger partial charge in [0.1, 0.15) is 0 Å². The number of aromatic amines is 2. The summed E-state index contributed by atoms with van der Waals surface area (Å²) >= 11 is 1.24. The minimum Gasteiger partial charge on any atom is -0.369 e. The highest BCUT2D eigenvalue weighted by Gasteiger charge is 2.27. The van der Waals surface area contributed by atoms with Gasteiger partial charge in [-0.1, -0.05) is 36.4 Å². The number of carbonyl (C=O) groups excluding carboxylic acids is 2. The van der Waals surface area contributed by atoms with Crippen LogP contribution < -0.4 is 11.5 Å². The lowest BCUT2D eigenvalue weighted by Crippen LogP contribution is -2.35. The number of hydrogen-bond donors (Lipinski definition) is 4. The van der Waals surface area contributed by atoms with Crippen molar-refractivity contribution in [3.8, 4) is 0 Å². The van der Waals surface area contributed by atoms with Crippen molar-refractivity contribution in [2.75, 3.05) is 0 Å². The Morgan fingerprint density at radius 3 is 1.59 bits per heavy atom. The lowest BCUT2D eigenvalue weighted by Gasteiger charge is -2.19. The smallest absolute Gasteiger partial charge is 0.230 e. The Morgan fingerprint density at radius 1 is 0.759 bits per heavy atom. The van der Waals surface area contributed by atoms with E-state index in [1.165, 1.54) is 11.8 Å². The second-order valence-electron chi connectivity index (χ2n) is 7.05. The largest absolute Gasteiger partial charge is 0.369 e. The third kappa shape index (κ3) is 4.00. The van der Waals surface area contributed by atoms with Gasteiger partial charge >= 0.3 is 0 Å². The number of rotatable bonds is 8. The van der Waals surface area contributed by atoms with Gasteiger partial charge in [-0.15, -0.1) is 11.8 Å². The molecule has 0 saturated heterocycles. The molecule has 29 heavy (non-hydrogen) atoms. The number of nitrogens with one attached hydrogen (secondary N) is 2. The van der Waals surface area contributed by atoms with Crippen molar-refractivity contribution in [1.82, 2.24) is 9.97 Å². The van der Waals surface area contributed by atoms with Crippen LogP contribution in [0.15, 0.2) is 60.9 Å². The van der Waals surface area contributed by atoms with Crippen LogP contribution in [0.1, 0.15) is 11.1 Å². The second kappa shape index (κ2) is 8.05. The summed E-state index contributed by atoms with van der Waals surface area (Å²) in [5.41, 5.74) is 15.4. The molecule has 0 aliphatic heterocycles. The average Bonchev–Trinajstić information content (AvgIpc) is 3.31. The maximum atomic E-state index is 12.2. The van der Waals surface area contributed by atoms with Gasteiger partial charge in [-0.2, -0.15) is 0 Å². The molecule has 2 amide bonds. The van der Waals surface area contributed by atoms with Crippen molar-refractivity contribution in [2.24, 2.45) is 11.5 Å². The Hall–Kier alpha value is -3.19. The minimum atomic E-state index is -0.558. The maximum Gasteiger partial charge on any atom is 0.230 e. The summed E-state index contributed by atoms with van der Waals surface area (Å²) in [5.74, 6) is -0.907. The number of carbonyl (C=O) groups is 2. The van der Waals surface area contributed by atoms with E-state index >= 15 is 0 Å². The first-order valence-corrected chi connectivity index (χ1v) is 10.3. The number of benzene rings is 2. The van der Waals surface area contributed by atoms with Gasteiger partial charge in [0.15, 0.2) is 0 Å². The molecule has 6 N–H and O–H groups in total. The number of primary amides is 2. The number of thioether (sulfide) groups is 1. The fraction of sp³-hybridized carbons (Fsp3) is 0.182. The molecule has 2 aromatic heterocycles. The standard InChI is InChI=1S/C22H22N4O2S/c23-21(27)19(9-13-11-25-17-7-3-1-5-15(13)17)29-20(22(24)28)10-14-12-26-18-8-4-2-6-16(14)18/h1-8,11-12,19-20,25-26H,9-10H2,(H2,23,27)(H2,24,28). The lowest BCUT2D eigenvalue weighted by atomic mass is 10.1. The normalized spacial score (nSPS) is 13.5. The molecule has 4 aromatic rings. The molecule has 0 radical (unpaired) electrons. The molecule has 2 atom stereocenters. The van der Waals surface area contributed by atoms with E-state index in [9.17, 15) is 9.59 Å². The first kappa shape index (κ1) is 19.1. The van der Waals surface area contributed by atoms with Gasteiger partial charge in [0.25, 0.3) is 0 Å². The van der Waals surface area contributed by atoms with Gasteiger partial charge in [-0.25, -0.2) is 0 Å². The molecule has 2 unspecified atom stereocenters. The van der Waals surface area contributed by atoms with E-state index in [4.69, 9.17) is 11.5 Å². The fourth-order valence-corrected chi connectivity index (χ4v) is 4.85. The summed E-state index contributed by atoms with van der Waals surface area (Å²) in [5, 5.41) is 0.979. The van der Waals surface area contributed by atoms with Crippen LogP contribution in [0.5, 0.6) is 0 Å². The summed E-state index contributed by atoms with van der Waals surface area (Å²) in [7, 11) is 0. The van der Waals surface area contributed by atoms with E-state index < -0.39 is 22.3 Å². The molecular formula is C22H22N4O2S. The van der Waals surface area contributed by atoms with Crippen molar-refractivity contribution >= 4 is 45.4 Å². The molecule has 4 rings (SSSR count). The number of fused-ring (bicyclic) bond motifs is 2. The number of amides is 2. The number of para-hydroxylation sites is 2. The minimum absolute atomic E-state index is 0.432. The van der Waals surface area contributed by atoms with Gasteiger partial charge in [0, 0.05) is 34.2 Å². The Kier molecular flexibility index (Phi) is 5.31. The Bertz CT molecular complexity index is 1090. The van der Waals surface area contributed by atoms with Crippen LogP contribution in [-0.2, 0) is 22.4 Å². The third-order valence-electron chi connectivity index (χ3n) is 5.12. The van der Waals surface area contributed by atoms with E-state index in [1.807, 2.05) is 60.9 Å². The summed E-state index contributed by atoms with van der Waals surface area (Å²) < 4.78 is 0. The number of H-pyrrole nitrogens is 2. The number of aromatic nitrogens is 2. The highest BCUT2D eigenvalue weighted by atomic mass is 32.2. The van der Waals surface area contributed by atoms with Crippen molar-refractivity contribution in [3.63, 3.8) is 0 Å². The second-order valence-corrected chi connectivity index (χ2v) is 8.46. The molecule has 0 aliphatic rings. The van der Waals surface area contributed by atoms with Crippen LogP contribution in [0.4, 0.5) is 0 Å². The van der Waals surface area contributed by atoms with Crippen molar-refractivity contribution in [2.45, 2.75) is 23.3 Å². The molecule has 0 saturated carbocycles. The summed E-state index contributed by atoms with van der Waals surface area (Å²) in [6.07, 6.45) is 4.64. The topological polar surface area (TPSA) is 118 Å². The maximum absolute atomic E-state index is 12.2. The van der Waals surface area contributed by atoms with Gasteiger partial charge in [-0.3, -0.25) is 9.59 Å². The first-order chi connectivity index (χ1) is 14.0. The van der Waals surface area contributed by atoms with Gasteiger partial charge in [-0.05, 0) is 36.1 Å². The molecule has 7 heteroatoms. The summed E-state index contributed by atoms with van der Waals surface area (Å²) in [6, 6.07) is 15.8. The van der Waals surface area contributed by atoms with E-state index in [1.54, 1.807) is 0 Å². The average molecular weight is 407 g/mol. The first-order valence-electron chi connectivity index (χ1n) is 9.37. The van der Waals surface area contributed by atoms with Gasteiger partial charge in [0.2, 0.25) is 11.8 Å². The zero-order valence-electron chi connectivity index (χ0n) is 15.7. The molecule has 0 aliphatic carbocycles. The van der Waals surface area contributed by atoms with Crippen molar-refractivity contribution in [1.29, 1.82) is 0 Å². The zero-order chi connectivity index (χ0) is 20.4. The molecule has 2 heterocycles. The molecule has 0 fully saturated rings. The van der Waals surface area contributed by atoms with Gasteiger partial charge < -0.3 is 21.4 Å². The number of hydrogen-bond acceptors (Lipinski definition) is 3. The highest BCUT2D eigenvalue weighted by Crippen LogP contribution is 2.29. The monoisotopic (exact) mass is 406 g/mol. The molecule has 6 nitrogen and oxygen atoms in total. The predicted octanol–water partition coefficient (Wildman–Crippen LogP) is 2.88. The third-order valence-corrected chi connectivity index (χ3v) is 6.58. The molecule has 148 valence electrons. The fourth-order valence-electron chi connectivity index (χ4n) is 3.63. The van der Waals surface area contributed by atoms with Crippen LogP contribution in [0, 0.1) is 0 Å². The molecule has 2 aromatic carbocycles. The molecule has 0 spiro atoms. The Labute approximate surface area is 172 Å². The Balaban J connectivity index is 1.56. The van der Waals surface area contributed by atoms with Crippen molar-refractivity contribution < 1.29 is 9.59 Å². The van der Waals surface area contributed by atoms with E-state index in [0.717, 1.165) is 32.9 Å².